The van der Waals surface area contributed by atoms with E-state index >= 15 is 4.39 Å². The summed E-state index contributed by atoms with van der Waals surface area (Å²) in [6.45, 7) is 10.2. The van der Waals surface area contributed by atoms with Crippen molar-refractivity contribution in [3.05, 3.63) is 130 Å². The maximum Gasteiger partial charge on any atom is 0.246 e. The molecule has 10 atom stereocenters. The first-order valence-corrected chi connectivity index (χ1v) is 31.2. The Morgan fingerprint density at radius 2 is 1.32 bits per heavy atom. The number of carbonyl (C=O) groups excluding carboxylic acids is 9. The van der Waals surface area contributed by atoms with Crippen LogP contribution in [0.4, 0.5) is 4.39 Å². The molecule has 0 fully saturated rings. The van der Waals surface area contributed by atoms with Crippen LogP contribution in [0.2, 0.25) is 0 Å². The standard InChI is InChI=1S/C65H90FN15O13/c1-8-42-31-45(94-26-13-12-25-67)23-24-46(42)43-21-19-40(20-22-43)30-51(60(89)72-50(57(69)86)18-14-15-41-28-36(3)27-37(4)29-41)73-59(88)49(9-2)71-61(90)52(35-82)74-62(91)55(38(5)83)76-64(93)65(7,33-44-16-10-11-17-47(44)66)77-63(92)56(39(6)84)75-54(85)34-70-58(87)48(68)32-53-78-80-81-79-53/h10-11,16-17,19-24,27-29,31,38-39,48-52,55-56,82-84H,8-9,12-15,18,25-26,30,32-35,67-68H2,1-7H3,(H2,69,86)(H,70,87)(H,71,90)(H,72,89)(H,73,88)(H,74,91)(H,75,85)(H,76,93)(H,77,92)(H,78,79,80,81)/t38-,39-,48+,49+,50+,51+,52+,55-,56+,65+/m1/s1. The molecule has 0 aliphatic heterocycles. The van der Waals surface area contributed by atoms with Gasteiger partial charge >= 0.3 is 0 Å². The summed E-state index contributed by atoms with van der Waals surface area (Å²) in [5.74, 6) is -8.96. The molecule has 0 saturated heterocycles. The maximum absolute atomic E-state index is 15.3. The molecule has 4 aromatic carbocycles. The highest BCUT2D eigenvalue weighted by Crippen LogP contribution is 2.29. The monoisotopic (exact) mass is 1310 g/mol. The number of ether oxygens (including phenoxy) is 1. The van der Waals surface area contributed by atoms with Gasteiger partial charge in [-0.1, -0.05) is 96.9 Å². The van der Waals surface area contributed by atoms with Crippen molar-refractivity contribution in [1.82, 2.24) is 63.2 Å². The third-order valence-electron chi connectivity index (χ3n) is 15.5. The third-order valence-corrected chi connectivity index (χ3v) is 15.5. The number of unbranched alkanes of at least 4 members (excludes halogenated alkanes) is 1. The summed E-state index contributed by atoms with van der Waals surface area (Å²) in [7, 11) is 0. The van der Waals surface area contributed by atoms with E-state index in [9.17, 15) is 58.5 Å². The van der Waals surface area contributed by atoms with Gasteiger partial charge in [0, 0.05) is 19.3 Å². The van der Waals surface area contributed by atoms with Gasteiger partial charge in [0.1, 0.15) is 53.4 Å². The number of nitrogens with two attached hydrogens (primary N) is 3. The molecule has 5 aromatic rings. The molecule has 94 heavy (non-hydrogen) atoms. The predicted octanol–water partition coefficient (Wildman–Crippen LogP) is -0.770. The summed E-state index contributed by atoms with van der Waals surface area (Å²) < 4.78 is 21.3. The number of aliphatic hydroxyl groups is 3. The molecule has 18 N–H and O–H groups in total. The number of aryl methyl sites for hydroxylation is 4. The fourth-order valence-electron chi connectivity index (χ4n) is 10.3. The molecule has 0 bridgehead atoms. The van der Waals surface area contributed by atoms with Gasteiger partial charge in [-0.15, -0.1) is 10.2 Å². The number of aromatic amines is 1. The first-order chi connectivity index (χ1) is 44.7. The number of primary amides is 1. The highest BCUT2D eigenvalue weighted by atomic mass is 19.1. The van der Waals surface area contributed by atoms with E-state index in [4.69, 9.17) is 21.9 Å². The SMILES string of the molecule is CCc1cc(OCCCCN)ccc1-c1ccc(C[C@H](NC(=O)[C@H](CC)NC(=O)[C@H](CO)NC(=O)[C@H](NC(=O)[C@](C)(Cc2ccccc2F)NC(=O)[C@@H](NC(=O)CNC(=O)[C@@H](N)Cc2nn[nH]n2)[C@@H](C)O)[C@@H](C)O)C(=O)N[C@@H](CCCc2cc(C)cc(C)c2)C(N)=O)cc1. The highest BCUT2D eigenvalue weighted by Gasteiger charge is 2.42. The Labute approximate surface area is 545 Å². The van der Waals surface area contributed by atoms with Crippen LogP contribution in [0.3, 0.4) is 0 Å². The maximum atomic E-state index is 15.3. The van der Waals surface area contributed by atoms with E-state index in [-0.39, 0.29) is 37.1 Å². The second kappa shape index (κ2) is 36.8. The molecule has 0 aliphatic rings. The molecule has 1 aromatic heterocycles. The number of aliphatic hydroxyl groups excluding tert-OH is 3. The van der Waals surface area contributed by atoms with E-state index in [2.05, 4.69) is 63.2 Å². The lowest BCUT2D eigenvalue weighted by Crippen LogP contribution is -2.67. The molecular formula is C65H90FN15O13. The van der Waals surface area contributed by atoms with Crippen molar-refractivity contribution in [3.8, 4) is 16.9 Å². The Morgan fingerprint density at radius 1 is 0.691 bits per heavy atom. The van der Waals surface area contributed by atoms with E-state index in [1.807, 2.05) is 69.3 Å². The number of nitrogens with zero attached hydrogens (tertiary/aromatic N) is 3. The van der Waals surface area contributed by atoms with Crippen molar-refractivity contribution in [3.63, 3.8) is 0 Å². The molecule has 29 heteroatoms. The minimum absolute atomic E-state index is 0.0978. The van der Waals surface area contributed by atoms with Crippen molar-refractivity contribution in [2.45, 2.75) is 173 Å². The number of nitrogens with one attached hydrogen (secondary N) is 9. The molecular weight excluding hydrogens is 1220 g/mol. The van der Waals surface area contributed by atoms with E-state index in [0.29, 0.717) is 38.0 Å². The predicted molar refractivity (Wildman–Crippen MR) is 345 cm³/mol. The minimum Gasteiger partial charge on any atom is -0.494 e. The number of rotatable bonds is 38. The second-order valence-electron chi connectivity index (χ2n) is 23.5. The molecule has 28 nitrogen and oxygen atoms in total. The fraction of sp³-hybridized carbons (Fsp3) is 0.477. The molecule has 5 rings (SSSR count). The van der Waals surface area contributed by atoms with Crippen molar-refractivity contribution in [1.29, 1.82) is 0 Å². The summed E-state index contributed by atoms with van der Waals surface area (Å²) >= 11 is 0. The van der Waals surface area contributed by atoms with Crippen LogP contribution in [0.5, 0.6) is 5.75 Å². The van der Waals surface area contributed by atoms with Crippen LogP contribution in [0.15, 0.2) is 84.9 Å². The van der Waals surface area contributed by atoms with Gasteiger partial charge in [0.2, 0.25) is 53.2 Å². The first-order valence-electron chi connectivity index (χ1n) is 31.2. The number of tetrazole rings is 1. The number of H-pyrrole nitrogens is 1. The number of hydrogen-bond donors (Lipinski definition) is 15. The van der Waals surface area contributed by atoms with Crippen molar-refractivity contribution < 1.29 is 67.6 Å². The average molecular weight is 1310 g/mol. The lowest BCUT2D eigenvalue weighted by molar-refractivity contribution is -0.140. The zero-order chi connectivity index (χ0) is 69.2. The highest BCUT2D eigenvalue weighted by molar-refractivity contribution is 5.99. The van der Waals surface area contributed by atoms with E-state index in [1.54, 1.807) is 19.1 Å². The molecule has 0 aliphatic carbocycles. The number of hydrogen-bond acceptors (Lipinski definition) is 18. The van der Waals surface area contributed by atoms with E-state index in [1.165, 1.54) is 18.2 Å². The lowest BCUT2D eigenvalue weighted by atomic mass is 9.90. The quantitative estimate of drug-likeness (QED) is 0.0216. The van der Waals surface area contributed by atoms with Crippen LogP contribution in [0, 0.1) is 19.7 Å². The summed E-state index contributed by atoms with van der Waals surface area (Å²) in [6.07, 6.45) is -0.786. The van der Waals surface area contributed by atoms with Crippen molar-refractivity contribution in [2.75, 3.05) is 26.3 Å². The number of carbonyl (C=O) groups is 9. The van der Waals surface area contributed by atoms with Crippen LogP contribution in [0.1, 0.15) is 106 Å². The minimum atomic E-state index is -2.26. The summed E-state index contributed by atoms with van der Waals surface area (Å²) in [4.78, 5) is 124. The molecule has 510 valence electrons. The number of halogens is 1. The number of amides is 9. The van der Waals surface area contributed by atoms with Gasteiger partial charge in [0.15, 0.2) is 5.82 Å². The molecule has 0 unspecified atom stereocenters. The molecule has 9 amide bonds. The van der Waals surface area contributed by atoms with Gasteiger partial charge in [-0.3, -0.25) is 43.2 Å². The average Bonchev–Trinajstić information content (AvgIpc) is 0.864. The number of benzene rings is 4. The van der Waals surface area contributed by atoms with Crippen LogP contribution in [-0.4, -0.2) is 175 Å². The van der Waals surface area contributed by atoms with Gasteiger partial charge in [-0.25, -0.2) is 4.39 Å². The Kier molecular flexibility index (Phi) is 29.5. The van der Waals surface area contributed by atoms with Gasteiger partial charge < -0.3 is 79.8 Å². The zero-order valence-corrected chi connectivity index (χ0v) is 54.1. The van der Waals surface area contributed by atoms with Gasteiger partial charge in [-0.05, 0) is 138 Å². The topological polar surface area (TPSA) is 452 Å². The normalized spacial score (nSPS) is 14.7. The lowest BCUT2D eigenvalue weighted by Gasteiger charge is -2.34. The molecule has 1 heterocycles. The zero-order valence-electron chi connectivity index (χ0n) is 54.1. The molecule has 0 saturated carbocycles. The second-order valence-corrected chi connectivity index (χ2v) is 23.5. The van der Waals surface area contributed by atoms with Crippen LogP contribution >= 0.6 is 0 Å². The van der Waals surface area contributed by atoms with E-state index < -0.39 is 139 Å². The third kappa shape index (κ3) is 23.1. The first kappa shape index (κ1) is 75.4. The molecule has 0 spiro atoms. The van der Waals surface area contributed by atoms with E-state index in [0.717, 1.165) is 78.8 Å². The fourth-order valence-corrected chi connectivity index (χ4v) is 10.3. The Balaban J connectivity index is 1.32. The van der Waals surface area contributed by atoms with Gasteiger partial charge in [-0.2, -0.15) is 5.21 Å². The summed E-state index contributed by atoms with van der Waals surface area (Å²) in [5, 5.41) is 64.7. The van der Waals surface area contributed by atoms with Gasteiger partial charge in [0.25, 0.3) is 0 Å². The number of aromatic nitrogens is 4. The molecule has 0 radical (unpaired) electrons. The van der Waals surface area contributed by atoms with Crippen LogP contribution in [-0.2, 0) is 75.3 Å². The van der Waals surface area contributed by atoms with Crippen molar-refractivity contribution in [2.24, 2.45) is 17.2 Å². The van der Waals surface area contributed by atoms with Crippen molar-refractivity contribution >= 4 is 53.2 Å². The largest absolute Gasteiger partial charge is 0.494 e. The Bertz CT molecular complexity index is 3350. The summed E-state index contributed by atoms with van der Waals surface area (Å²) in [6, 6.07) is 13.7. The van der Waals surface area contributed by atoms with Gasteiger partial charge in [0.05, 0.1) is 38.0 Å². The van der Waals surface area contributed by atoms with Crippen LogP contribution < -0.4 is 64.5 Å². The Morgan fingerprint density at radius 3 is 1.93 bits per heavy atom. The Hall–Kier alpha value is -9.29. The summed E-state index contributed by atoms with van der Waals surface area (Å²) in [5.41, 5.74) is 21.6. The van der Waals surface area contributed by atoms with Crippen LogP contribution in [0.25, 0.3) is 11.1 Å². The smallest absolute Gasteiger partial charge is 0.246 e.